The van der Waals surface area contributed by atoms with E-state index in [1.807, 2.05) is 30.5 Å². The lowest BCUT2D eigenvalue weighted by Gasteiger charge is -2.31. The summed E-state index contributed by atoms with van der Waals surface area (Å²) in [4.78, 5) is 40.8. The molecule has 0 fully saturated rings. The fourth-order valence-corrected chi connectivity index (χ4v) is 3.57. The van der Waals surface area contributed by atoms with Gasteiger partial charge in [-0.1, -0.05) is 18.2 Å². The molecule has 9 heteroatoms. The third kappa shape index (κ3) is 6.80. The Labute approximate surface area is 182 Å². The molecule has 0 unspecified atom stereocenters. The van der Waals surface area contributed by atoms with E-state index in [4.69, 9.17) is 17.2 Å². The number of carbonyl (C=O) groups is 3. The standard InChI is InChI=1S/C22H34N6O3/c1-22(28-19(29)10-6-12-24,13-15-14-26-17-8-3-2-7-16(15)17)21(31)27-18(20(25)30)9-4-5-11-23/h2-3,7-8,14,18,26H,4-6,9-13,23-24H2,1H3,(H2,25,30)(H,27,31)(H,28,29)/t18-,22+/m0/s1. The van der Waals surface area contributed by atoms with Gasteiger partial charge < -0.3 is 32.8 Å². The van der Waals surface area contributed by atoms with Gasteiger partial charge in [0.15, 0.2) is 0 Å². The fraction of sp³-hybridized carbons (Fsp3) is 0.500. The van der Waals surface area contributed by atoms with Crippen LogP contribution in [0, 0.1) is 0 Å². The van der Waals surface area contributed by atoms with E-state index in [0.29, 0.717) is 32.4 Å². The van der Waals surface area contributed by atoms with Crippen LogP contribution in [0.5, 0.6) is 0 Å². The van der Waals surface area contributed by atoms with E-state index >= 15 is 0 Å². The smallest absolute Gasteiger partial charge is 0.246 e. The van der Waals surface area contributed by atoms with Crippen LogP contribution in [0.2, 0.25) is 0 Å². The van der Waals surface area contributed by atoms with Gasteiger partial charge in [0.1, 0.15) is 11.6 Å². The Morgan fingerprint density at radius 3 is 2.48 bits per heavy atom. The van der Waals surface area contributed by atoms with Crippen LogP contribution in [0.3, 0.4) is 0 Å². The Bertz CT molecular complexity index is 896. The van der Waals surface area contributed by atoms with Gasteiger partial charge >= 0.3 is 0 Å². The third-order valence-electron chi connectivity index (χ3n) is 5.34. The average Bonchev–Trinajstić information content (AvgIpc) is 3.14. The van der Waals surface area contributed by atoms with Gasteiger partial charge in [0, 0.05) is 29.9 Å². The Kier molecular flexibility index (Phi) is 9.02. The molecule has 170 valence electrons. The second-order valence-electron chi connectivity index (χ2n) is 8.02. The monoisotopic (exact) mass is 430 g/mol. The van der Waals surface area contributed by atoms with Crippen molar-refractivity contribution >= 4 is 28.6 Å². The number of hydrogen-bond donors (Lipinski definition) is 6. The molecule has 2 rings (SSSR count). The van der Waals surface area contributed by atoms with E-state index in [1.165, 1.54) is 0 Å². The molecule has 9 nitrogen and oxygen atoms in total. The van der Waals surface area contributed by atoms with E-state index < -0.39 is 23.4 Å². The van der Waals surface area contributed by atoms with Gasteiger partial charge in [0.2, 0.25) is 17.7 Å². The first-order chi connectivity index (χ1) is 14.8. The minimum Gasteiger partial charge on any atom is -0.368 e. The quantitative estimate of drug-likeness (QED) is 0.253. The number of primary amides is 1. The van der Waals surface area contributed by atoms with Crippen LogP contribution in [0.4, 0.5) is 0 Å². The lowest BCUT2D eigenvalue weighted by molar-refractivity contribution is -0.135. The molecule has 1 aromatic carbocycles. The SMILES string of the molecule is C[C@](Cc1c[nH]c2ccccc12)(NC(=O)CCCN)C(=O)N[C@@H](CCCCN)C(N)=O. The number of nitrogens with two attached hydrogens (primary N) is 3. The summed E-state index contributed by atoms with van der Waals surface area (Å²) in [6.45, 7) is 2.53. The minimum atomic E-state index is -1.28. The molecule has 1 heterocycles. The van der Waals surface area contributed by atoms with Crippen molar-refractivity contribution in [2.24, 2.45) is 17.2 Å². The van der Waals surface area contributed by atoms with Crippen molar-refractivity contribution in [3.8, 4) is 0 Å². The Balaban J connectivity index is 2.26. The number of rotatable bonds is 13. The van der Waals surface area contributed by atoms with E-state index in [1.54, 1.807) is 6.92 Å². The molecule has 0 spiro atoms. The predicted octanol–water partition coefficient (Wildman–Crippen LogP) is 0.423. The maximum Gasteiger partial charge on any atom is 0.246 e. The van der Waals surface area contributed by atoms with Gasteiger partial charge in [-0.05, 0) is 57.3 Å². The molecule has 0 aliphatic heterocycles. The lowest BCUT2D eigenvalue weighted by Crippen LogP contribution is -2.61. The van der Waals surface area contributed by atoms with Crippen LogP contribution >= 0.6 is 0 Å². The molecule has 9 N–H and O–H groups in total. The van der Waals surface area contributed by atoms with Gasteiger partial charge in [-0.3, -0.25) is 14.4 Å². The number of fused-ring (bicyclic) bond motifs is 1. The van der Waals surface area contributed by atoms with Crippen molar-refractivity contribution in [3.63, 3.8) is 0 Å². The van der Waals surface area contributed by atoms with E-state index in [9.17, 15) is 14.4 Å². The van der Waals surface area contributed by atoms with Crippen molar-refractivity contribution in [3.05, 3.63) is 36.0 Å². The summed E-state index contributed by atoms with van der Waals surface area (Å²) in [5, 5.41) is 6.55. The van der Waals surface area contributed by atoms with Crippen LogP contribution in [-0.2, 0) is 20.8 Å². The van der Waals surface area contributed by atoms with E-state index in [2.05, 4.69) is 15.6 Å². The molecule has 3 amide bonds. The number of carbonyl (C=O) groups excluding carboxylic acids is 3. The number of para-hydroxylation sites is 1. The highest BCUT2D eigenvalue weighted by Crippen LogP contribution is 2.23. The highest BCUT2D eigenvalue weighted by atomic mass is 16.2. The molecule has 0 aliphatic rings. The van der Waals surface area contributed by atoms with Crippen molar-refractivity contribution < 1.29 is 14.4 Å². The lowest BCUT2D eigenvalue weighted by atomic mass is 9.90. The first kappa shape index (κ1) is 24.4. The molecule has 0 saturated heterocycles. The number of unbranched alkanes of at least 4 members (excludes halogenated alkanes) is 1. The summed E-state index contributed by atoms with van der Waals surface area (Å²) in [7, 11) is 0. The normalized spacial score (nSPS) is 14.0. The molecule has 0 bridgehead atoms. The molecule has 2 atom stereocenters. The van der Waals surface area contributed by atoms with Gasteiger partial charge in [0.25, 0.3) is 0 Å². The zero-order chi connectivity index (χ0) is 22.9. The van der Waals surface area contributed by atoms with E-state index in [-0.39, 0.29) is 18.7 Å². The van der Waals surface area contributed by atoms with E-state index in [0.717, 1.165) is 22.9 Å². The molecular formula is C22H34N6O3. The second-order valence-corrected chi connectivity index (χ2v) is 8.02. The highest BCUT2D eigenvalue weighted by Gasteiger charge is 2.37. The Morgan fingerprint density at radius 2 is 1.81 bits per heavy atom. The Hall–Kier alpha value is -2.91. The van der Waals surface area contributed by atoms with Gasteiger partial charge in [-0.15, -0.1) is 0 Å². The largest absolute Gasteiger partial charge is 0.368 e. The van der Waals surface area contributed by atoms with Crippen molar-refractivity contribution in [2.75, 3.05) is 13.1 Å². The number of H-pyrrole nitrogens is 1. The van der Waals surface area contributed by atoms with Crippen LogP contribution in [-0.4, -0.2) is 47.4 Å². The summed E-state index contributed by atoms with van der Waals surface area (Å²) >= 11 is 0. The van der Waals surface area contributed by atoms with Gasteiger partial charge in [-0.2, -0.15) is 0 Å². The summed E-state index contributed by atoms with van der Waals surface area (Å²) < 4.78 is 0. The van der Waals surface area contributed by atoms with Crippen LogP contribution in [0.15, 0.2) is 30.5 Å². The summed E-state index contributed by atoms with van der Waals surface area (Å²) in [5.74, 6) is -1.36. The van der Waals surface area contributed by atoms with Gasteiger partial charge in [0.05, 0.1) is 0 Å². The average molecular weight is 431 g/mol. The van der Waals surface area contributed by atoms with Crippen LogP contribution in [0.25, 0.3) is 10.9 Å². The van der Waals surface area contributed by atoms with Crippen LogP contribution < -0.4 is 27.8 Å². The molecule has 0 aliphatic carbocycles. The maximum absolute atomic E-state index is 13.3. The fourth-order valence-electron chi connectivity index (χ4n) is 3.57. The molecule has 2 aromatic rings. The highest BCUT2D eigenvalue weighted by molar-refractivity contribution is 5.95. The number of aromatic amines is 1. The topological polar surface area (TPSA) is 169 Å². The number of benzene rings is 1. The molecule has 0 saturated carbocycles. The molecular weight excluding hydrogens is 396 g/mol. The zero-order valence-corrected chi connectivity index (χ0v) is 18.1. The molecule has 31 heavy (non-hydrogen) atoms. The predicted molar refractivity (Wildman–Crippen MR) is 121 cm³/mol. The van der Waals surface area contributed by atoms with Crippen molar-refractivity contribution in [2.45, 2.75) is 57.0 Å². The first-order valence-corrected chi connectivity index (χ1v) is 10.7. The molecule has 0 radical (unpaired) electrons. The number of amides is 3. The summed E-state index contributed by atoms with van der Waals surface area (Å²) in [5.41, 5.74) is 17.1. The van der Waals surface area contributed by atoms with Gasteiger partial charge in [-0.25, -0.2) is 0 Å². The third-order valence-corrected chi connectivity index (χ3v) is 5.34. The number of nitrogens with one attached hydrogen (secondary N) is 3. The maximum atomic E-state index is 13.3. The van der Waals surface area contributed by atoms with Crippen LogP contribution in [0.1, 0.15) is 44.6 Å². The Morgan fingerprint density at radius 1 is 1.10 bits per heavy atom. The minimum absolute atomic E-state index is 0.211. The second kappa shape index (κ2) is 11.5. The van der Waals surface area contributed by atoms with Crippen molar-refractivity contribution in [1.29, 1.82) is 0 Å². The summed E-state index contributed by atoms with van der Waals surface area (Å²) in [6.07, 6.45) is 4.57. The number of hydrogen-bond acceptors (Lipinski definition) is 5. The number of aromatic nitrogens is 1. The first-order valence-electron chi connectivity index (χ1n) is 10.7. The molecule has 1 aromatic heterocycles. The zero-order valence-electron chi connectivity index (χ0n) is 18.1. The van der Waals surface area contributed by atoms with Crippen molar-refractivity contribution in [1.82, 2.24) is 15.6 Å². The summed E-state index contributed by atoms with van der Waals surface area (Å²) in [6, 6.07) is 6.90.